The molecule has 0 radical (unpaired) electrons. The van der Waals surface area contributed by atoms with Crippen LogP contribution >= 0.6 is 0 Å². The molecule has 2 amide bonds. The summed E-state index contributed by atoms with van der Waals surface area (Å²) in [7, 11) is 0. The van der Waals surface area contributed by atoms with Gasteiger partial charge in [0.15, 0.2) is 0 Å². The van der Waals surface area contributed by atoms with Crippen LogP contribution in [0.5, 0.6) is 0 Å². The molecule has 1 unspecified atom stereocenters. The van der Waals surface area contributed by atoms with Crippen LogP contribution in [0.2, 0.25) is 0 Å². The Bertz CT molecular complexity index is 493. The van der Waals surface area contributed by atoms with Crippen LogP contribution in [0.25, 0.3) is 0 Å². The second kappa shape index (κ2) is 4.20. The topological polar surface area (TPSA) is 75.4 Å². The van der Waals surface area contributed by atoms with Gasteiger partial charge in [-0.05, 0) is 19.8 Å². The molecular weight excluding hydrogens is 234 g/mol. The second-order valence-corrected chi connectivity index (χ2v) is 4.84. The first kappa shape index (κ1) is 11.4. The van der Waals surface area contributed by atoms with Gasteiger partial charge in [-0.15, -0.1) is 0 Å². The highest BCUT2D eigenvalue weighted by Crippen LogP contribution is 2.31. The first-order valence-electron chi connectivity index (χ1n) is 6.16. The van der Waals surface area contributed by atoms with Crippen molar-refractivity contribution in [3.05, 3.63) is 17.8 Å². The van der Waals surface area contributed by atoms with Crippen LogP contribution in [0, 0.1) is 6.92 Å². The zero-order valence-corrected chi connectivity index (χ0v) is 10.2. The SMILES string of the molecule is Cc1cnc(CNC2CC(=O)N(C3CC3)C2=O)o1. The molecule has 6 nitrogen and oxygen atoms in total. The third-order valence-electron chi connectivity index (χ3n) is 3.26. The maximum atomic E-state index is 12.0. The fourth-order valence-corrected chi connectivity index (χ4v) is 2.22. The van der Waals surface area contributed by atoms with Gasteiger partial charge in [0, 0.05) is 6.04 Å². The van der Waals surface area contributed by atoms with Gasteiger partial charge in [0.25, 0.3) is 0 Å². The molecule has 2 aliphatic rings. The molecule has 96 valence electrons. The molecule has 1 saturated heterocycles. The van der Waals surface area contributed by atoms with Crippen molar-refractivity contribution in [2.24, 2.45) is 0 Å². The Hall–Kier alpha value is -1.69. The van der Waals surface area contributed by atoms with E-state index in [1.165, 1.54) is 4.90 Å². The lowest BCUT2D eigenvalue weighted by atomic mass is 10.2. The number of rotatable bonds is 4. The number of aryl methyl sites for hydroxylation is 1. The molecule has 18 heavy (non-hydrogen) atoms. The minimum atomic E-state index is -0.426. The van der Waals surface area contributed by atoms with Gasteiger partial charge >= 0.3 is 0 Å². The van der Waals surface area contributed by atoms with Gasteiger partial charge in [-0.3, -0.25) is 19.8 Å². The highest BCUT2D eigenvalue weighted by molar-refractivity contribution is 6.06. The van der Waals surface area contributed by atoms with E-state index in [1.54, 1.807) is 6.20 Å². The summed E-state index contributed by atoms with van der Waals surface area (Å²) in [5.41, 5.74) is 0. The van der Waals surface area contributed by atoms with Crippen molar-refractivity contribution in [2.45, 2.75) is 44.8 Å². The Morgan fingerprint density at radius 2 is 2.28 bits per heavy atom. The predicted molar refractivity (Wildman–Crippen MR) is 61.4 cm³/mol. The molecule has 1 aliphatic heterocycles. The van der Waals surface area contributed by atoms with Gasteiger partial charge in [-0.25, -0.2) is 4.98 Å². The molecule has 0 aromatic carbocycles. The van der Waals surface area contributed by atoms with Crippen LogP contribution in [-0.4, -0.2) is 33.8 Å². The van der Waals surface area contributed by atoms with Gasteiger partial charge in [-0.1, -0.05) is 0 Å². The van der Waals surface area contributed by atoms with Crippen LogP contribution in [0.3, 0.4) is 0 Å². The lowest BCUT2D eigenvalue weighted by Crippen LogP contribution is -2.39. The maximum absolute atomic E-state index is 12.0. The number of aromatic nitrogens is 1. The van der Waals surface area contributed by atoms with E-state index in [-0.39, 0.29) is 24.3 Å². The minimum Gasteiger partial charge on any atom is -0.445 e. The van der Waals surface area contributed by atoms with Crippen molar-refractivity contribution in [1.29, 1.82) is 0 Å². The van der Waals surface area contributed by atoms with Crippen molar-refractivity contribution in [1.82, 2.24) is 15.2 Å². The van der Waals surface area contributed by atoms with Gasteiger partial charge in [0.1, 0.15) is 5.76 Å². The van der Waals surface area contributed by atoms with Crippen LogP contribution in [-0.2, 0) is 16.1 Å². The highest BCUT2D eigenvalue weighted by atomic mass is 16.4. The second-order valence-electron chi connectivity index (χ2n) is 4.84. The predicted octanol–water partition coefficient (Wildman–Crippen LogP) is 0.363. The molecule has 6 heteroatoms. The van der Waals surface area contributed by atoms with Crippen molar-refractivity contribution >= 4 is 11.8 Å². The van der Waals surface area contributed by atoms with E-state index in [4.69, 9.17) is 4.42 Å². The van der Waals surface area contributed by atoms with E-state index >= 15 is 0 Å². The van der Waals surface area contributed by atoms with Crippen molar-refractivity contribution in [3.8, 4) is 0 Å². The number of hydrogen-bond acceptors (Lipinski definition) is 5. The number of oxazole rings is 1. The number of carbonyl (C=O) groups excluding carboxylic acids is 2. The highest BCUT2D eigenvalue weighted by Gasteiger charge is 2.45. The van der Waals surface area contributed by atoms with E-state index in [0.717, 1.165) is 18.6 Å². The van der Waals surface area contributed by atoms with Crippen LogP contribution in [0.1, 0.15) is 30.9 Å². The maximum Gasteiger partial charge on any atom is 0.247 e. The molecule has 2 heterocycles. The van der Waals surface area contributed by atoms with Crippen LogP contribution in [0.15, 0.2) is 10.6 Å². The summed E-state index contributed by atoms with van der Waals surface area (Å²) in [5.74, 6) is 1.10. The van der Waals surface area contributed by atoms with E-state index in [0.29, 0.717) is 12.4 Å². The van der Waals surface area contributed by atoms with E-state index in [9.17, 15) is 9.59 Å². The monoisotopic (exact) mass is 249 g/mol. The van der Waals surface area contributed by atoms with Gasteiger partial charge in [-0.2, -0.15) is 0 Å². The van der Waals surface area contributed by atoms with Gasteiger partial charge in [0.2, 0.25) is 17.7 Å². The first-order valence-corrected chi connectivity index (χ1v) is 6.16. The average molecular weight is 249 g/mol. The Balaban J connectivity index is 1.60. The fourth-order valence-electron chi connectivity index (χ4n) is 2.22. The van der Waals surface area contributed by atoms with E-state index in [2.05, 4.69) is 10.3 Å². The Kier molecular flexibility index (Phi) is 2.66. The Morgan fingerprint density at radius 3 is 2.89 bits per heavy atom. The number of carbonyl (C=O) groups is 2. The quantitative estimate of drug-likeness (QED) is 0.780. The molecule has 0 spiro atoms. The number of imide groups is 1. The van der Waals surface area contributed by atoms with Crippen LogP contribution < -0.4 is 5.32 Å². The molecule has 2 fully saturated rings. The van der Waals surface area contributed by atoms with Crippen molar-refractivity contribution < 1.29 is 14.0 Å². The molecule has 1 aromatic rings. The standard InChI is InChI=1S/C12H15N3O3/c1-7-5-14-10(18-7)6-13-9-4-11(16)15(12(9)17)8-2-3-8/h5,8-9,13H,2-4,6H2,1H3. The zero-order valence-electron chi connectivity index (χ0n) is 10.2. The summed E-state index contributed by atoms with van der Waals surface area (Å²) in [5, 5.41) is 3.04. The fraction of sp³-hybridized carbons (Fsp3) is 0.583. The van der Waals surface area contributed by atoms with Gasteiger partial charge in [0.05, 0.1) is 25.2 Å². The molecule has 1 saturated carbocycles. The number of nitrogens with one attached hydrogen (secondary N) is 1. The molecule has 3 rings (SSSR count). The molecule has 0 bridgehead atoms. The first-order chi connectivity index (χ1) is 8.65. The number of hydrogen-bond donors (Lipinski definition) is 1. The Morgan fingerprint density at radius 1 is 1.50 bits per heavy atom. The summed E-state index contributed by atoms with van der Waals surface area (Å²) < 4.78 is 5.31. The summed E-state index contributed by atoms with van der Waals surface area (Å²) in [6.07, 6.45) is 3.77. The summed E-state index contributed by atoms with van der Waals surface area (Å²) in [6.45, 7) is 2.19. The van der Waals surface area contributed by atoms with Crippen molar-refractivity contribution in [2.75, 3.05) is 0 Å². The summed E-state index contributed by atoms with van der Waals surface area (Å²) >= 11 is 0. The lowest BCUT2D eigenvalue weighted by Gasteiger charge is -2.13. The third-order valence-corrected chi connectivity index (χ3v) is 3.26. The average Bonchev–Trinajstić information content (AvgIpc) is 3.00. The van der Waals surface area contributed by atoms with E-state index in [1.807, 2.05) is 6.92 Å². The number of likely N-dealkylation sites (tertiary alicyclic amines) is 1. The largest absolute Gasteiger partial charge is 0.445 e. The van der Waals surface area contributed by atoms with Crippen LogP contribution in [0.4, 0.5) is 0 Å². The molecule has 1 atom stereocenters. The summed E-state index contributed by atoms with van der Waals surface area (Å²) in [4.78, 5) is 29.2. The third kappa shape index (κ3) is 2.03. The molecule has 1 aliphatic carbocycles. The van der Waals surface area contributed by atoms with E-state index < -0.39 is 6.04 Å². The molecule has 1 aromatic heterocycles. The number of amides is 2. The molecule has 1 N–H and O–H groups in total. The van der Waals surface area contributed by atoms with Crippen molar-refractivity contribution in [3.63, 3.8) is 0 Å². The van der Waals surface area contributed by atoms with Gasteiger partial charge < -0.3 is 4.42 Å². The number of nitrogens with zero attached hydrogens (tertiary/aromatic N) is 2. The Labute approximate surface area is 104 Å². The normalized spacial score (nSPS) is 24.1. The molecular formula is C12H15N3O3. The smallest absolute Gasteiger partial charge is 0.247 e. The minimum absolute atomic E-state index is 0.0661. The zero-order chi connectivity index (χ0) is 12.7. The summed E-state index contributed by atoms with van der Waals surface area (Å²) in [6, 6.07) is -0.272. The lowest BCUT2D eigenvalue weighted by molar-refractivity contribution is -0.139.